The minimum Gasteiger partial charge on any atom is -0.461 e. The Bertz CT molecular complexity index is 256. The van der Waals surface area contributed by atoms with Crippen molar-refractivity contribution in [3.63, 3.8) is 0 Å². The van der Waals surface area contributed by atoms with E-state index in [0.29, 0.717) is 6.42 Å². The molecule has 0 fully saturated rings. The van der Waals surface area contributed by atoms with E-state index in [2.05, 4.69) is 4.74 Å². The summed E-state index contributed by atoms with van der Waals surface area (Å²) in [6.45, 7) is 6.38. The topological polar surface area (TPSA) is 46.5 Å². The Morgan fingerprint density at radius 2 is 1.88 bits per heavy atom. The van der Waals surface area contributed by atoms with Crippen LogP contribution >= 0.6 is 0 Å². The highest BCUT2D eigenvalue weighted by molar-refractivity contribution is 5.79. The third-order valence-corrected chi connectivity index (χ3v) is 3.08. The molecule has 0 aliphatic heterocycles. The quantitative estimate of drug-likeness (QED) is 0.709. The molecule has 0 spiro atoms. The maximum atomic E-state index is 13.8. The molecule has 0 aromatic heterocycles. The van der Waals surface area contributed by atoms with E-state index in [0.717, 1.165) is 0 Å². The Morgan fingerprint density at radius 3 is 2.24 bits per heavy atom. The first-order valence-corrected chi connectivity index (χ1v) is 6.02. The zero-order valence-corrected chi connectivity index (χ0v) is 10.9. The monoisotopic (exact) mass is 252 g/mol. The second kappa shape index (κ2) is 6.28. The number of aliphatic hydroxyl groups is 1. The van der Waals surface area contributed by atoms with Crippen molar-refractivity contribution in [2.45, 2.75) is 58.5 Å². The van der Waals surface area contributed by atoms with Crippen LogP contribution in [0.3, 0.4) is 0 Å². The van der Waals surface area contributed by atoms with E-state index < -0.39 is 17.5 Å². The van der Waals surface area contributed by atoms with Crippen molar-refractivity contribution in [2.24, 2.45) is 5.92 Å². The molecule has 0 aromatic rings. The van der Waals surface area contributed by atoms with Crippen molar-refractivity contribution in [2.75, 3.05) is 6.61 Å². The van der Waals surface area contributed by atoms with Gasteiger partial charge in [0.2, 0.25) is 0 Å². The van der Waals surface area contributed by atoms with Gasteiger partial charge in [-0.05, 0) is 25.7 Å². The van der Waals surface area contributed by atoms with Gasteiger partial charge in [-0.25, -0.2) is 4.79 Å². The van der Waals surface area contributed by atoms with Gasteiger partial charge in [-0.3, -0.25) is 0 Å². The lowest BCUT2D eigenvalue weighted by atomic mass is 9.82. The molecule has 0 saturated carbocycles. The standard InChI is InChI=1S/C12H22F2O3/c1-5-9(4)8-11(16,6-2)12(13,14)10(15)17-7-3/h9,16H,5-8H2,1-4H3. The predicted molar refractivity (Wildman–Crippen MR) is 60.9 cm³/mol. The number of esters is 1. The van der Waals surface area contributed by atoms with Crippen LogP contribution in [0.2, 0.25) is 0 Å². The third kappa shape index (κ3) is 3.63. The van der Waals surface area contributed by atoms with Crippen LogP contribution in [0.1, 0.15) is 47.0 Å². The average Bonchev–Trinajstić information content (AvgIpc) is 2.28. The van der Waals surface area contributed by atoms with E-state index in [1.807, 2.05) is 6.92 Å². The minimum atomic E-state index is -3.86. The van der Waals surface area contributed by atoms with Crippen LogP contribution in [0, 0.1) is 5.92 Å². The SMILES string of the molecule is CCOC(=O)C(F)(F)C(O)(CC)CC(C)CC. The molecule has 102 valence electrons. The zero-order valence-electron chi connectivity index (χ0n) is 10.9. The summed E-state index contributed by atoms with van der Waals surface area (Å²) in [5.41, 5.74) is -2.32. The van der Waals surface area contributed by atoms with Gasteiger partial charge in [0.15, 0.2) is 0 Å². The number of hydrogen-bond acceptors (Lipinski definition) is 3. The van der Waals surface area contributed by atoms with Crippen molar-refractivity contribution in [1.29, 1.82) is 0 Å². The molecule has 0 rings (SSSR count). The molecule has 0 bridgehead atoms. The van der Waals surface area contributed by atoms with Crippen LogP contribution in [-0.4, -0.2) is 29.2 Å². The van der Waals surface area contributed by atoms with Gasteiger partial charge in [0.1, 0.15) is 5.60 Å². The van der Waals surface area contributed by atoms with E-state index in [4.69, 9.17) is 0 Å². The van der Waals surface area contributed by atoms with Crippen LogP contribution in [0.15, 0.2) is 0 Å². The molecular formula is C12H22F2O3. The van der Waals surface area contributed by atoms with Gasteiger partial charge in [0.05, 0.1) is 6.61 Å². The number of carbonyl (C=O) groups is 1. The molecule has 0 heterocycles. The molecule has 1 N–H and O–H groups in total. The fraction of sp³-hybridized carbons (Fsp3) is 0.917. The highest BCUT2D eigenvalue weighted by atomic mass is 19.3. The fourth-order valence-corrected chi connectivity index (χ4v) is 1.63. The number of rotatable bonds is 7. The molecule has 0 saturated heterocycles. The number of alkyl halides is 2. The maximum Gasteiger partial charge on any atom is 0.380 e. The first kappa shape index (κ1) is 16.3. The lowest BCUT2D eigenvalue weighted by molar-refractivity contribution is -0.218. The molecular weight excluding hydrogens is 230 g/mol. The zero-order chi connectivity index (χ0) is 13.7. The van der Waals surface area contributed by atoms with Gasteiger partial charge in [-0.1, -0.05) is 27.2 Å². The fourth-order valence-electron chi connectivity index (χ4n) is 1.63. The Labute approximate surface area is 101 Å². The Hall–Kier alpha value is -0.710. The molecule has 2 atom stereocenters. The smallest absolute Gasteiger partial charge is 0.380 e. The lowest BCUT2D eigenvalue weighted by Crippen LogP contribution is -2.54. The van der Waals surface area contributed by atoms with Crippen LogP contribution in [0.5, 0.6) is 0 Å². The Kier molecular flexibility index (Phi) is 6.02. The summed E-state index contributed by atoms with van der Waals surface area (Å²) in [7, 11) is 0. The Balaban J connectivity index is 4.99. The molecule has 2 unspecified atom stereocenters. The number of ether oxygens (including phenoxy) is 1. The lowest BCUT2D eigenvalue weighted by Gasteiger charge is -2.35. The molecule has 0 aliphatic rings. The number of halogens is 2. The molecule has 0 radical (unpaired) electrons. The molecule has 5 heteroatoms. The number of carbonyl (C=O) groups excluding carboxylic acids is 1. The van der Waals surface area contributed by atoms with Crippen molar-refractivity contribution >= 4 is 5.97 Å². The summed E-state index contributed by atoms with van der Waals surface area (Å²) in [4.78, 5) is 11.2. The summed E-state index contributed by atoms with van der Waals surface area (Å²) in [6, 6.07) is 0. The second-order valence-corrected chi connectivity index (χ2v) is 4.40. The molecule has 17 heavy (non-hydrogen) atoms. The van der Waals surface area contributed by atoms with Crippen LogP contribution in [0.25, 0.3) is 0 Å². The maximum absolute atomic E-state index is 13.8. The summed E-state index contributed by atoms with van der Waals surface area (Å²) < 4.78 is 32.0. The van der Waals surface area contributed by atoms with Crippen LogP contribution in [-0.2, 0) is 9.53 Å². The normalized spacial score (nSPS) is 17.4. The minimum absolute atomic E-state index is 0.0831. The van der Waals surface area contributed by atoms with Gasteiger partial charge in [0, 0.05) is 0 Å². The predicted octanol–water partition coefficient (Wildman–Crippen LogP) is 2.76. The first-order valence-electron chi connectivity index (χ1n) is 6.02. The van der Waals surface area contributed by atoms with E-state index in [1.54, 1.807) is 6.92 Å². The van der Waals surface area contributed by atoms with Gasteiger partial charge in [-0.15, -0.1) is 0 Å². The largest absolute Gasteiger partial charge is 0.461 e. The highest BCUT2D eigenvalue weighted by Gasteiger charge is 2.58. The van der Waals surface area contributed by atoms with E-state index >= 15 is 0 Å². The average molecular weight is 252 g/mol. The third-order valence-electron chi connectivity index (χ3n) is 3.08. The molecule has 0 aromatic carbocycles. The second-order valence-electron chi connectivity index (χ2n) is 4.40. The van der Waals surface area contributed by atoms with Crippen molar-refractivity contribution < 1.29 is 23.4 Å². The Morgan fingerprint density at radius 1 is 1.35 bits per heavy atom. The van der Waals surface area contributed by atoms with E-state index in [-0.39, 0.29) is 25.4 Å². The van der Waals surface area contributed by atoms with Crippen molar-refractivity contribution in [1.82, 2.24) is 0 Å². The summed E-state index contributed by atoms with van der Waals surface area (Å²) in [6.07, 6.45) is 0.357. The highest BCUT2D eigenvalue weighted by Crippen LogP contribution is 2.38. The van der Waals surface area contributed by atoms with Gasteiger partial charge in [-0.2, -0.15) is 8.78 Å². The number of hydrogen-bond donors (Lipinski definition) is 1. The summed E-state index contributed by atoms with van der Waals surface area (Å²) in [5, 5.41) is 10.00. The summed E-state index contributed by atoms with van der Waals surface area (Å²) in [5.74, 6) is -5.59. The molecule has 0 amide bonds. The van der Waals surface area contributed by atoms with Gasteiger partial charge in [0.25, 0.3) is 0 Å². The van der Waals surface area contributed by atoms with Crippen LogP contribution < -0.4 is 0 Å². The van der Waals surface area contributed by atoms with Gasteiger partial charge >= 0.3 is 11.9 Å². The first-order chi connectivity index (χ1) is 7.75. The molecule has 0 aliphatic carbocycles. The molecule has 3 nitrogen and oxygen atoms in total. The summed E-state index contributed by atoms with van der Waals surface area (Å²) >= 11 is 0. The van der Waals surface area contributed by atoms with Crippen molar-refractivity contribution in [3.05, 3.63) is 0 Å². The van der Waals surface area contributed by atoms with E-state index in [1.165, 1.54) is 13.8 Å². The van der Waals surface area contributed by atoms with Crippen LogP contribution in [0.4, 0.5) is 8.78 Å². The van der Waals surface area contributed by atoms with E-state index in [9.17, 15) is 18.7 Å². The van der Waals surface area contributed by atoms with Crippen molar-refractivity contribution in [3.8, 4) is 0 Å². The van der Waals surface area contributed by atoms with Gasteiger partial charge < -0.3 is 9.84 Å².